The quantitative estimate of drug-likeness (QED) is 0.701. The highest BCUT2D eigenvalue weighted by Gasteiger charge is 2.13. The third kappa shape index (κ3) is 4.29. The lowest BCUT2D eigenvalue weighted by atomic mass is 10.2. The first kappa shape index (κ1) is 18.5. The minimum atomic E-state index is -0.450. The van der Waals surface area contributed by atoms with E-state index in [4.69, 9.17) is 4.74 Å². The zero-order valence-electron chi connectivity index (χ0n) is 14.8. The van der Waals surface area contributed by atoms with E-state index in [1.165, 1.54) is 25.4 Å². The van der Waals surface area contributed by atoms with Gasteiger partial charge in [0.15, 0.2) is 4.80 Å². The predicted molar refractivity (Wildman–Crippen MR) is 102 cm³/mol. The lowest BCUT2D eigenvalue weighted by Crippen LogP contribution is -2.22. The second-order valence-electron chi connectivity index (χ2n) is 5.69. The molecule has 7 nitrogen and oxygen atoms in total. The number of aromatic nitrogens is 1. The van der Waals surface area contributed by atoms with Gasteiger partial charge in [0.1, 0.15) is 6.54 Å². The number of benzene rings is 2. The van der Waals surface area contributed by atoms with Crippen molar-refractivity contribution >= 4 is 45.0 Å². The van der Waals surface area contributed by atoms with Gasteiger partial charge in [-0.1, -0.05) is 29.5 Å². The number of fused-ring (bicyclic) bond motifs is 1. The molecule has 0 radical (unpaired) electrons. The van der Waals surface area contributed by atoms with Crippen LogP contribution in [0.5, 0.6) is 0 Å². The molecule has 138 valence electrons. The molecule has 2 aromatic carbocycles. The number of ether oxygens (including phenoxy) is 1. The Labute approximate surface area is 158 Å². The van der Waals surface area contributed by atoms with Crippen LogP contribution in [0.1, 0.15) is 17.3 Å². The second-order valence-corrected chi connectivity index (χ2v) is 6.70. The Kier molecular flexibility index (Phi) is 5.46. The summed E-state index contributed by atoms with van der Waals surface area (Å²) in [5.41, 5.74) is 1.81. The maximum absolute atomic E-state index is 12.5. The van der Waals surface area contributed by atoms with E-state index < -0.39 is 11.9 Å². The van der Waals surface area contributed by atoms with Crippen LogP contribution in [-0.2, 0) is 20.9 Å². The average molecular weight is 383 g/mol. The van der Waals surface area contributed by atoms with Crippen LogP contribution in [0.3, 0.4) is 0 Å². The van der Waals surface area contributed by atoms with Crippen LogP contribution in [-0.4, -0.2) is 29.5 Å². The molecule has 27 heavy (non-hydrogen) atoms. The number of amides is 2. The zero-order chi connectivity index (χ0) is 19.4. The molecule has 1 heterocycles. The van der Waals surface area contributed by atoms with Crippen LogP contribution in [0.15, 0.2) is 53.5 Å². The second kappa shape index (κ2) is 7.96. The zero-order valence-corrected chi connectivity index (χ0v) is 15.6. The number of anilines is 1. The molecule has 0 spiro atoms. The summed E-state index contributed by atoms with van der Waals surface area (Å²) in [5, 5.41) is 2.71. The van der Waals surface area contributed by atoms with Crippen molar-refractivity contribution in [1.82, 2.24) is 4.57 Å². The molecule has 0 fully saturated rings. The van der Waals surface area contributed by atoms with Gasteiger partial charge >= 0.3 is 5.97 Å². The summed E-state index contributed by atoms with van der Waals surface area (Å²) in [6, 6.07) is 14.0. The summed E-state index contributed by atoms with van der Waals surface area (Å²) < 4.78 is 7.17. The Balaban J connectivity index is 2.12. The van der Waals surface area contributed by atoms with Crippen LogP contribution < -0.4 is 10.1 Å². The molecule has 8 heteroatoms. The van der Waals surface area contributed by atoms with Gasteiger partial charge in [0.05, 0.1) is 17.3 Å². The molecule has 0 aliphatic rings. The van der Waals surface area contributed by atoms with Crippen molar-refractivity contribution < 1.29 is 19.1 Å². The Morgan fingerprint density at radius 2 is 1.89 bits per heavy atom. The van der Waals surface area contributed by atoms with Crippen molar-refractivity contribution in [2.75, 3.05) is 12.4 Å². The van der Waals surface area contributed by atoms with Crippen molar-refractivity contribution in [2.45, 2.75) is 13.5 Å². The molecular formula is C19H17N3O4S. The number of rotatable bonds is 4. The monoisotopic (exact) mass is 383 g/mol. The Hall–Kier alpha value is -3.26. The summed E-state index contributed by atoms with van der Waals surface area (Å²) in [5.74, 6) is -1.03. The van der Waals surface area contributed by atoms with Crippen LogP contribution in [0.2, 0.25) is 0 Å². The highest BCUT2D eigenvalue weighted by Crippen LogP contribution is 2.22. The number of thiazole rings is 1. The number of hydrogen-bond acceptors (Lipinski definition) is 5. The fourth-order valence-corrected chi connectivity index (χ4v) is 3.59. The molecule has 2 amide bonds. The van der Waals surface area contributed by atoms with Gasteiger partial charge in [-0.05, 0) is 30.3 Å². The minimum absolute atomic E-state index is 0.0725. The highest BCUT2D eigenvalue weighted by atomic mass is 32.1. The van der Waals surface area contributed by atoms with Crippen LogP contribution in [0.25, 0.3) is 10.2 Å². The first-order valence-corrected chi connectivity index (χ1v) is 8.91. The molecular weight excluding hydrogens is 366 g/mol. The Morgan fingerprint density at radius 3 is 2.56 bits per heavy atom. The van der Waals surface area contributed by atoms with E-state index in [-0.39, 0.29) is 12.5 Å². The molecule has 0 saturated carbocycles. The van der Waals surface area contributed by atoms with Gasteiger partial charge in [-0.2, -0.15) is 4.99 Å². The first-order valence-electron chi connectivity index (χ1n) is 8.10. The number of carbonyl (C=O) groups excluding carboxylic acids is 3. The predicted octanol–water partition coefficient (Wildman–Crippen LogP) is 2.58. The number of nitrogens with one attached hydrogen (secondary N) is 1. The van der Waals surface area contributed by atoms with E-state index in [9.17, 15) is 14.4 Å². The lowest BCUT2D eigenvalue weighted by molar-refractivity contribution is -0.141. The highest BCUT2D eigenvalue weighted by molar-refractivity contribution is 7.16. The minimum Gasteiger partial charge on any atom is -0.468 e. The maximum atomic E-state index is 12.5. The largest absolute Gasteiger partial charge is 0.468 e. The van der Waals surface area contributed by atoms with Gasteiger partial charge in [0, 0.05) is 18.2 Å². The van der Waals surface area contributed by atoms with Crippen molar-refractivity contribution in [3.8, 4) is 0 Å². The summed E-state index contributed by atoms with van der Waals surface area (Å²) in [4.78, 5) is 40.1. The van der Waals surface area contributed by atoms with Crippen molar-refractivity contribution in [1.29, 1.82) is 0 Å². The van der Waals surface area contributed by atoms with Gasteiger partial charge in [0.25, 0.3) is 5.91 Å². The normalized spacial score (nSPS) is 11.4. The molecule has 3 rings (SSSR count). The van der Waals surface area contributed by atoms with Crippen LogP contribution in [0, 0.1) is 0 Å². The van der Waals surface area contributed by atoms with Gasteiger partial charge in [-0.25, -0.2) is 0 Å². The van der Waals surface area contributed by atoms with Gasteiger partial charge in [-0.3, -0.25) is 14.4 Å². The van der Waals surface area contributed by atoms with Gasteiger partial charge in [0.2, 0.25) is 5.91 Å². The SMILES string of the molecule is COC(=O)Cn1c(=NC(=O)c2ccccc2)sc2cc(NC(C)=O)ccc21. The number of hydrogen-bond donors (Lipinski definition) is 1. The molecule has 0 bridgehead atoms. The maximum Gasteiger partial charge on any atom is 0.325 e. The summed E-state index contributed by atoms with van der Waals surface area (Å²) >= 11 is 1.26. The molecule has 1 N–H and O–H groups in total. The van der Waals surface area contributed by atoms with Crippen LogP contribution in [0.4, 0.5) is 5.69 Å². The number of esters is 1. The van der Waals surface area contributed by atoms with E-state index in [1.54, 1.807) is 47.0 Å². The topological polar surface area (TPSA) is 89.8 Å². The Bertz CT molecular complexity index is 1080. The van der Waals surface area contributed by atoms with E-state index in [2.05, 4.69) is 10.3 Å². The molecule has 0 aliphatic heterocycles. The fraction of sp³-hybridized carbons (Fsp3) is 0.158. The standard InChI is InChI=1S/C19H17N3O4S/c1-12(23)20-14-8-9-15-16(10-14)27-19(22(15)11-17(24)26-2)21-18(25)13-6-4-3-5-7-13/h3-10H,11H2,1-2H3,(H,20,23). The number of nitrogens with zero attached hydrogens (tertiary/aromatic N) is 2. The molecule has 0 saturated heterocycles. The Morgan fingerprint density at radius 1 is 1.15 bits per heavy atom. The number of methoxy groups -OCH3 is 1. The number of carbonyl (C=O) groups is 3. The van der Waals surface area contributed by atoms with E-state index in [0.717, 1.165) is 10.2 Å². The molecule has 0 unspecified atom stereocenters. The summed E-state index contributed by atoms with van der Waals surface area (Å²) in [7, 11) is 1.30. The average Bonchev–Trinajstić information content (AvgIpc) is 2.98. The summed E-state index contributed by atoms with van der Waals surface area (Å²) in [6.07, 6.45) is 0. The lowest BCUT2D eigenvalue weighted by Gasteiger charge is -2.05. The van der Waals surface area contributed by atoms with Crippen molar-refractivity contribution in [3.05, 3.63) is 58.9 Å². The summed E-state index contributed by atoms with van der Waals surface area (Å²) in [6.45, 7) is 1.35. The van der Waals surface area contributed by atoms with Crippen molar-refractivity contribution in [2.24, 2.45) is 4.99 Å². The van der Waals surface area contributed by atoms with E-state index in [0.29, 0.717) is 16.1 Å². The van der Waals surface area contributed by atoms with Crippen molar-refractivity contribution in [3.63, 3.8) is 0 Å². The molecule has 1 aromatic heterocycles. The van der Waals surface area contributed by atoms with E-state index >= 15 is 0 Å². The molecule has 3 aromatic rings. The smallest absolute Gasteiger partial charge is 0.325 e. The first-order chi connectivity index (χ1) is 13.0. The third-order valence-electron chi connectivity index (χ3n) is 3.74. The van der Waals surface area contributed by atoms with Gasteiger partial charge in [-0.15, -0.1) is 0 Å². The van der Waals surface area contributed by atoms with Crippen LogP contribution >= 0.6 is 11.3 Å². The molecule has 0 atom stereocenters. The van der Waals surface area contributed by atoms with Gasteiger partial charge < -0.3 is 14.6 Å². The third-order valence-corrected chi connectivity index (χ3v) is 4.78. The fourth-order valence-electron chi connectivity index (χ4n) is 2.52. The molecule has 0 aliphatic carbocycles. The van der Waals surface area contributed by atoms with E-state index in [1.807, 2.05) is 6.07 Å².